The molecule has 196 valence electrons. The smallest absolute Gasteiger partial charge is 0.475 e. The van der Waals surface area contributed by atoms with Gasteiger partial charge in [-0.1, -0.05) is 18.2 Å². The second-order valence-corrected chi connectivity index (χ2v) is 8.60. The molecular formula is C25H26F3N5O4. The third-order valence-corrected chi connectivity index (χ3v) is 5.43. The number of alkyl halides is 3. The summed E-state index contributed by atoms with van der Waals surface area (Å²) >= 11 is 0. The molecule has 9 nitrogen and oxygen atoms in total. The van der Waals surface area contributed by atoms with Gasteiger partial charge >= 0.3 is 18.2 Å². The first kappa shape index (κ1) is 27.2. The van der Waals surface area contributed by atoms with Crippen molar-refractivity contribution in [1.29, 1.82) is 0 Å². The number of carboxylic acid groups (broad SMARTS) is 1. The second-order valence-electron chi connectivity index (χ2n) is 8.60. The molecule has 3 heterocycles. The Kier molecular flexibility index (Phi) is 7.90. The van der Waals surface area contributed by atoms with Gasteiger partial charge in [0.15, 0.2) is 0 Å². The number of halogens is 3. The molecule has 12 heteroatoms. The van der Waals surface area contributed by atoms with Gasteiger partial charge in [-0.2, -0.15) is 13.2 Å². The number of benzene rings is 1. The lowest BCUT2D eigenvalue weighted by atomic mass is 10.2. The number of hydrogen-bond acceptors (Lipinski definition) is 4. The summed E-state index contributed by atoms with van der Waals surface area (Å²) in [5, 5.41) is 11.0. The molecule has 2 amide bonds. The molecule has 3 aromatic heterocycles. The standard InChI is InChI=1S/C23H25N5O2.C2HF3O2/c1-15(2)27-18-8-6-5-7-17(18)21-19(27)13-20(28(21)23(30)26(3)4)22(29)25-14-16-9-11-24-12-10-16;3-2(4,5)1(6)7/h5-13,15H,14H2,1-4H3,(H,25,29);(H,6,7). The van der Waals surface area contributed by atoms with Crippen molar-refractivity contribution < 1.29 is 32.7 Å². The SMILES string of the molecule is CC(C)n1c2ccccc2c2c1cc(C(=O)NCc1ccncc1)n2C(=O)N(C)C.O=C(O)C(F)(F)F. The number of carboxylic acids is 1. The summed E-state index contributed by atoms with van der Waals surface area (Å²) in [6.07, 6.45) is -1.71. The first-order chi connectivity index (χ1) is 17.3. The minimum absolute atomic E-state index is 0.172. The molecule has 37 heavy (non-hydrogen) atoms. The monoisotopic (exact) mass is 517 g/mol. The topological polar surface area (TPSA) is 109 Å². The number of carbonyl (C=O) groups excluding carboxylic acids is 2. The maximum Gasteiger partial charge on any atom is 0.490 e. The number of pyridine rings is 1. The van der Waals surface area contributed by atoms with Crippen LogP contribution < -0.4 is 5.32 Å². The van der Waals surface area contributed by atoms with Gasteiger partial charge < -0.3 is 19.9 Å². The molecule has 4 rings (SSSR count). The predicted molar refractivity (Wildman–Crippen MR) is 131 cm³/mol. The molecular weight excluding hydrogens is 491 g/mol. The molecule has 0 aliphatic heterocycles. The van der Waals surface area contributed by atoms with Crippen molar-refractivity contribution in [3.8, 4) is 0 Å². The van der Waals surface area contributed by atoms with Gasteiger partial charge in [0.1, 0.15) is 5.69 Å². The van der Waals surface area contributed by atoms with Crippen molar-refractivity contribution in [3.05, 3.63) is 66.1 Å². The molecule has 0 spiro atoms. The zero-order valence-electron chi connectivity index (χ0n) is 20.6. The van der Waals surface area contributed by atoms with Crippen molar-refractivity contribution >= 4 is 39.8 Å². The average molecular weight is 518 g/mol. The van der Waals surface area contributed by atoms with E-state index in [1.165, 1.54) is 9.47 Å². The van der Waals surface area contributed by atoms with Gasteiger partial charge in [0.2, 0.25) is 0 Å². The van der Waals surface area contributed by atoms with E-state index in [2.05, 4.69) is 28.7 Å². The third kappa shape index (κ3) is 5.74. The number of para-hydroxylation sites is 1. The lowest BCUT2D eigenvalue weighted by Gasteiger charge is -2.15. The zero-order chi connectivity index (χ0) is 27.5. The molecule has 0 fully saturated rings. The van der Waals surface area contributed by atoms with Crippen LogP contribution in [0.3, 0.4) is 0 Å². The van der Waals surface area contributed by atoms with Crippen molar-refractivity contribution in [1.82, 2.24) is 24.3 Å². The number of fused-ring (bicyclic) bond motifs is 3. The Balaban J connectivity index is 0.000000479. The maximum absolute atomic E-state index is 13.1. The fraction of sp³-hybridized carbons (Fsp3) is 0.280. The minimum atomic E-state index is -5.08. The van der Waals surface area contributed by atoms with Crippen LogP contribution >= 0.6 is 0 Å². The van der Waals surface area contributed by atoms with Gasteiger partial charge in [-0.25, -0.2) is 9.59 Å². The van der Waals surface area contributed by atoms with Gasteiger partial charge in [0.05, 0.1) is 16.6 Å². The molecule has 0 aliphatic rings. The summed E-state index contributed by atoms with van der Waals surface area (Å²) in [5.74, 6) is -3.05. The number of nitrogens with zero attached hydrogens (tertiary/aromatic N) is 4. The average Bonchev–Trinajstić information content (AvgIpc) is 3.37. The van der Waals surface area contributed by atoms with E-state index >= 15 is 0 Å². The summed E-state index contributed by atoms with van der Waals surface area (Å²) in [4.78, 5) is 40.6. The van der Waals surface area contributed by atoms with Crippen molar-refractivity contribution in [2.24, 2.45) is 0 Å². The van der Waals surface area contributed by atoms with E-state index in [0.717, 1.165) is 27.5 Å². The van der Waals surface area contributed by atoms with Crippen molar-refractivity contribution in [2.75, 3.05) is 14.1 Å². The molecule has 0 unspecified atom stereocenters. The Morgan fingerprint density at radius 2 is 1.65 bits per heavy atom. The van der Waals surface area contributed by atoms with Crippen LogP contribution in [0, 0.1) is 0 Å². The highest BCUT2D eigenvalue weighted by Gasteiger charge is 2.38. The fourth-order valence-electron chi connectivity index (χ4n) is 3.85. The number of hydrogen-bond donors (Lipinski definition) is 2. The highest BCUT2D eigenvalue weighted by Crippen LogP contribution is 2.34. The van der Waals surface area contributed by atoms with Crippen LogP contribution in [0.2, 0.25) is 0 Å². The number of aliphatic carboxylic acids is 1. The fourth-order valence-corrected chi connectivity index (χ4v) is 3.85. The highest BCUT2D eigenvalue weighted by atomic mass is 19.4. The lowest BCUT2D eigenvalue weighted by molar-refractivity contribution is -0.192. The quantitative estimate of drug-likeness (QED) is 0.409. The van der Waals surface area contributed by atoms with Gasteiger partial charge in [0.25, 0.3) is 5.91 Å². The van der Waals surface area contributed by atoms with E-state index < -0.39 is 12.1 Å². The van der Waals surface area contributed by atoms with E-state index in [4.69, 9.17) is 9.90 Å². The van der Waals surface area contributed by atoms with E-state index in [1.54, 1.807) is 26.5 Å². The molecule has 0 saturated heterocycles. The molecule has 0 bridgehead atoms. The van der Waals surface area contributed by atoms with Crippen LogP contribution in [0.25, 0.3) is 21.9 Å². The van der Waals surface area contributed by atoms with E-state index in [-0.39, 0.29) is 18.0 Å². The number of nitrogens with one attached hydrogen (secondary N) is 1. The molecule has 2 N–H and O–H groups in total. The molecule has 0 aliphatic carbocycles. The number of carbonyl (C=O) groups is 3. The van der Waals surface area contributed by atoms with Crippen LogP contribution in [0.1, 0.15) is 35.9 Å². The van der Waals surface area contributed by atoms with Crippen LogP contribution in [0.4, 0.5) is 18.0 Å². The van der Waals surface area contributed by atoms with Gasteiger partial charge in [-0.05, 0) is 43.7 Å². The van der Waals surface area contributed by atoms with Crippen LogP contribution in [0.5, 0.6) is 0 Å². The van der Waals surface area contributed by atoms with Gasteiger partial charge in [0, 0.05) is 44.5 Å². The van der Waals surface area contributed by atoms with E-state index in [0.29, 0.717) is 12.2 Å². The molecule has 0 saturated carbocycles. The van der Waals surface area contributed by atoms with E-state index in [1.807, 2.05) is 42.5 Å². The maximum atomic E-state index is 13.1. The van der Waals surface area contributed by atoms with Crippen molar-refractivity contribution in [3.63, 3.8) is 0 Å². The number of amides is 2. The first-order valence-corrected chi connectivity index (χ1v) is 11.2. The number of aromatic nitrogens is 3. The summed E-state index contributed by atoms with van der Waals surface area (Å²) in [6.45, 7) is 4.55. The Morgan fingerprint density at radius 3 is 2.19 bits per heavy atom. The molecule has 1 aromatic carbocycles. The Hall–Kier alpha value is -4.35. The lowest BCUT2D eigenvalue weighted by Crippen LogP contribution is -2.32. The van der Waals surface area contributed by atoms with Crippen LogP contribution in [0.15, 0.2) is 54.9 Å². The normalized spacial score (nSPS) is 11.4. The van der Waals surface area contributed by atoms with Gasteiger partial charge in [-0.3, -0.25) is 14.3 Å². The summed E-state index contributed by atoms with van der Waals surface area (Å²) in [5.41, 5.74) is 3.94. The summed E-state index contributed by atoms with van der Waals surface area (Å²) in [7, 11) is 3.38. The van der Waals surface area contributed by atoms with Gasteiger partial charge in [-0.15, -0.1) is 0 Å². The minimum Gasteiger partial charge on any atom is -0.475 e. The van der Waals surface area contributed by atoms with Crippen molar-refractivity contribution in [2.45, 2.75) is 32.6 Å². The molecule has 0 radical (unpaired) electrons. The largest absolute Gasteiger partial charge is 0.490 e. The number of rotatable bonds is 4. The Morgan fingerprint density at radius 1 is 1.05 bits per heavy atom. The second kappa shape index (κ2) is 10.7. The van der Waals surface area contributed by atoms with E-state index in [9.17, 15) is 22.8 Å². The highest BCUT2D eigenvalue weighted by molar-refractivity contribution is 6.14. The third-order valence-electron chi connectivity index (χ3n) is 5.43. The van der Waals surface area contributed by atoms with Crippen LogP contribution in [-0.2, 0) is 11.3 Å². The Bertz CT molecular complexity index is 1440. The molecule has 0 atom stereocenters. The Labute approximate surface area is 210 Å². The van der Waals surface area contributed by atoms with Crippen LogP contribution in [-0.4, -0.2) is 62.3 Å². The zero-order valence-corrected chi connectivity index (χ0v) is 20.6. The molecule has 4 aromatic rings. The summed E-state index contributed by atoms with van der Waals surface area (Å²) < 4.78 is 35.4. The first-order valence-electron chi connectivity index (χ1n) is 11.2. The predicted octanol–water partition coefficient (Wildman–Crippen LogP) is 4.66. The summed E-state index contributed by atoms with van der Waals surface area (Å²) in [6, 6.07) is 13.4.